The summed E-state index contributed by atoms with van der Waals surface area (Å²) in [4.78, 5) is 26.3. The van der Waals surface area contributed by atoms with Gasteiger partial charge in [-0.1, -0.05) is 12.1 Å². The van der Waals surface area contributed by atoms with Gasteiger partial charge in [-0.15, -0.1) is 0 Å². The van der Waals surface area contributed by atoms with Gasteiger partial charge in [0.05, 0.1) is 17.6 Å². The molecule has 0 saturated heterocycles. The molecule has 6 heteroatoms. The number of nitro benzene ring substituents is 1. The number of likely N-dealkylation sites (N-methyl/N-ethyl adjacent to an activating group) is 1. The highest BCUT2D eigenvalue weighted by Crippen LogP contribution is 2.18. The van der Waals surface area contributed by atoms with Crippen molar-refractivity contribution in [2.45, 2.75) is 0 Å². The molecule has 0 aromatic heterocycles. The standard InChI is InChI=1S/C11H12N2O4/c1-12(17-2)11(14)8-7-9-5-3-4-6-10(9)13(15)16/h3-8H,1-2H3/b8-7-. The van der Waals surface area contributed by atoms with Crippen molar-refractivity contribution >= 4 is 17.7 Å². The van der Waals surface area contributed by atoms with Crippen molar-refractivity contribution < 1.29 is 14.6 Å². The second-order valence-electron chi connectivity index (χ2n) is 3.17. The van der Waals surface area contributed by atoms with Crippen LogP contribution in [0.15, 0.2) is 30.3 Å². The molecular formula is C11H12N2O4. The van der Waals surface area contributed by atoms with E-state index >= 15 is 0 Å². The van der Waals surface area contributed by atoms with Gasteiger partial charge in [-0.3, -0.25) is 19.7 Å². The maximum absolute atomic E-state index is 11.4. The van der Waals surface area contributed by atoms with Crippen molar-refractivity contribution in [3.63, 3.8) is 0 Å². The van der Waals surface area contributed by atoms with Crippen LogP contribution in [0.1, 0.15) is 5.56 Å². The zero-order valence-electron chi connectivity index (χ0n) is 9.49. The molecule has 90 valence electrons. The molecule has 1 amide bonds. The molecule has 0 saturated carbocycles. The molecule has 17 heavy (non-hydrogen) atoms. The summed E-state index contributed by atoms with van der Waals surface area (Å²) >= 11 is 0. The van der Waals surface area contributed by atoms with Gasteiger partial charge in [0.1, 0.15) is 0 Å². The van der Waals surface area contributed by atoms with Crippen molar-refractivity contribution in [1.82, 2.24) is 5.06 Å². The zero-order valence-corrected chi connectivity index (χ0v) is 9.49. The molecule has 0 spiro atoms. The Morgan fingerprint density at radius 2 is 2.12 bits per heavy atom. The maximum Gasteiger partial charge on any atom is 0.276 e. The van der Waals surface area contributed by atoms with E-state index in [1.807, 2.05) is 0 Å². The van der Waals surface area contributed by atoms with Gasteiger partial charge in [0.2, 0.25) is 0 Å². The lowest BCUT2D eigenvalue weighted by Crippen LogP contribution is -2.22. The summed E-state index contributed by atoms with van der Waals surface area (Å²) < 4.78 is 0. The Kier molecular flexibility index (Phi) is 4.36. The van der Waals surface area contributed by atoms with Crippen LogP contribution in [0.25, 0.3) is 6.08 Å². The van der Waals surface area contributed by atoms with Crippen LogP contribution in [0.3, 0.4) is 0 Å². The molecular weight excluding hydrogens is 224 g/mol. The fraction of sp³-hybridized carbons (Fsp3) is 0.182. The Morgan fingerprint density at radius 1 is 1.47 bits per heavy atom. The number of benzene rings is 1. The van der Waals surface area contributed by atoms with Crippen molar-refractivity contribution in [3.8, 4) is 0 Å². The first kappa shape index (κ1) is 12.9. The van der Waals surface area contributed by atoms with E-state index in [-0.39, 0.29) is 5.69 Å². The fourth-order valence-corrected chi connectivity index (χ4v) is 1.15. The van der Waals surface area contributed by atoms with E-state index < -0.39 is 10.8 Å². The molecule has 0 radical (unpaired) electrons. The van der Waals surface area contributed by atoms with Gasteiger partial charge in [-0.05, 0) is 12.1 Å². The average Bonchev–Trinajstić information content (AvgIpc) is 2.35. The number of carbonyl (C=O) groups is 1. The van der Waals surface area contributed by atoms with Crippen molar-refractivity contribution in [3.05, 3.63) is 46.0 Å². The highest BCUT2D eigenvalue weighted by atomic mass is 16.7. The van der Waals surface area contributed by atoms with E-state index in [0.717, 1.165) is 5.06 Å². The normalized spacial score (nSPS) is 10.5. The number of nitro groups is 1. The second kappa shape index (κ2) is 5.76. The molecule has 0 bridgehead atoms. The van der Waals surface area contributed by atoms with E-state index in [1.165, 1.54) is 32.4 Å². The SMILES string of the molecule is CON(C)C(=O)/C=C\c1ccccc1[N+](=O)[O-]. The van der Waals surface area contributed by atoms with Crippen LogP contribution in [0.2, 0.25) is 0 Å². The fourth-order valence-electron chi connectivity index (χ4n) is 1.15. The molecule has 0 aliphatic rings. The molecule has 0 unspecified atom stereocenters. The molecule has 1 rings (SSSR count). The molecule has 0 aliphatic heterocycles. The van der Waals surface area contributed by atoms with Gasteiger partial charge >= 0.3 is 0 Å². The number of hydrogen-bond acceptors (Lipinski definition) is 4. The minimum atomic E-state index is -0.496. The van der Waals surface area contributed by atoms with Gasteiger partial charge in [0.25, 0.3) is 11.6 Å². The molecule has 0 fully saturated rings. The first-order valence-electron chi connectivity index (χ1n) is 4.79. The van der Waals surface area contributed by atoms with E-state index in [2.05, 4.69) is 4.84 Å². The van der Waals surface area contributed by atoms with Gasteiger partial charge in [-0.25, -0.2) is 5.06 Å². The predicted molar refractivity (Wildman–Crippen MR) is 61.9 cm³/mol. The number of nitrogens with zero attached hydrogens (tertiary/aromatic N) is 2. The van der Waals surface area contributed by atoms with Gasteiger partial charge in [0.15, 0.2) is 0 Å². The van der Waals surface area contributed by atoms with E-state index in [0.29, 0.717) is 5.56 Å². The van der Waals surface area contributed by atoms with E-state index in [9.17, 15) is 14.9 Å². The lowest BCUT2D eigenvalue weighted by atomic mass is 10.1. The average molecular weight is 236 g/mol. The third kappa shape index (κ3) is 3.39. The lowest BCUT2D eigenvalue weighted by Gasteiger charge is -2.09. The Balaban J connectivity index is 2.92. The third-order valence-electron chi connectivity index (χ3n) is 2.12. The monoisotopic (exact) mass is 236 g/mol. The van der Waals surface area contributed by atoms with Gasteiger partial charge < -0.3 is 0 Å². The molecule has 1 aromatic carbocycles. The van der Waals surface area contributed by atoms with Crippen LogP contribution in [-0.4, -0.2) is 30.1 Å². The highest BCUT2D eigenvalue weighted by Gasteiger charge is 2.10. The van der Waals surface area contributed by atoms with Crippen LogP contribution in [0, 0.1) is 10.1 Å². The van der Waals surface area contributed by atoms with Crippen LogP contribution in [0.4, 0.5) is 5.69 Å². The topological polar surface area (TPSA) is 72.7 Å². The third-order valence-corrected chi connectivity index (χ3v) is 2.12. The molecule has 0 atom stereocenters. The molecule has 6 nitrogen and oxygen atoms in total. The summed E-state index contributed by atoms with van der Waals surface area (Å²) in [5.74, 6) is -0.398. The molecule has 0 N–H and O–H groups in total. The van der Waals surface area contributed by atoms with E-state index in [4.69, 9.17) is 0 Å². The first-order chi connectivity index (χ1) is 8.06. The van der Waals surface area contributed by atoms with Crippen LogP contribution in [-0.2, 0) is 9.63 Å². The number of rotatable bonds is 4. The largest absolute Gasteiger partial charge is 0.276 e. The van der Waals surface area contributed by atoms with Gasteiger partial charge in [-0.2, -0.15) is 0 Å². The Morgan fingerprint density at radius 3 is 2.71 bits per heavy atom. The second-order valence-corrected chi connectivity index (χ2v) is 3.17. The Bertz CT molecular complexity index is 457. The highest BCUT2D eigenvalue weighted by molar-refractivity contribution is 5.91. The zero-order chi connectivity index (χ0) is 12.8. The number of para-hydroxylation sites is 1. The molecule has 1 aromatic rings. The lowest BCUT2D eigenvalue weighted by molar-refractivity contribution is -0.385. The number of hydrogen-bond donors (Lipinski definition) is 0. The van der Waals surface area contributed by atoms with Crippen LogP contribution >= 0.6 is 0 Å². The van der Waals surface area contributed by atoms with Crippen LogP contribution < -0.4 is 0 Å². The quantitative estimate of drug-likeness (QED) is 0.452. The smallest absolute Gasteiger partial charge is 0.274 e. The number of amides is 1. The summed E-state index contributed by atoms with van der Waals surface area (Å²) in [5, 5.41) is 11.7. The minimum Gasteiger partial charge on any atom is -0.274 e. The van der Waals surface area contributed by atoms with E-state index in [1.54, 1.807) is 18.2 Å². The summed E-state index contributed by atoms with van der Waals surface area (Å²) in [6, 6.07) is 6.18. The van der Waals surface area contributed by atoms with Crippen molar-refractivity contribution in [2.24, 2.45) is 0 Å². The Hall–Kier alpha value is -2.21. The first-order valence-corrected chi connectivity index (χ1v) is 4.79. The summed E-state index contributed by atoms with van der Waals surface area (Å²) in [6.45, 7) is 0. The summed E-state index contributed by atoms with van der Waals surface area (Å²) in [5.41, 5.74) is 0.326. The molecule has 0 aliphatic carbocycles. The Labute approximate surface area is 98.2 Å². The molecule has 0 heterocycles. The maximum atomic E-state index is 11.4. The van der Waals surface area contributed by atoms with Crippen molar-refractivity contribution in [2.75, 3.05) is 14.2 Å². The van der Waals surface area contributed by atoms with Crippen molar-refractivity contribution in [1.29, 1.82) is 0 Å². The predicted octanol–water partition coefficient (Wildman–Crippen LogP) is 1.63. The minimum absolute atomic E-state index is 0.0448. The van der Waals surface area contributed by atoms with Gasteiger partial charge in [0, 0.05) is 19.2 Å². The number of hydroxylamine groups is 2. The summed E-state index contributed by atoms with van der Waals surface area (Å²) in [7, 11) is 2.81. The van der Waals surface area contributed by atoms with Crippen LogP contribution in [0.5, 0.6) is 0 Å². The number of carbonyl (C=O) groups excluding carboxylic acids is 1. The summed E-state index contributed by atoms with van der Waals surface area (Å²) in [6.07, 6.45) is 2.60.